The lowest BCUT2D eigenvalue weighted by Crippen LogP contribution is -2.12. The van der Waals surface area contributed by atoms with Crippen LogP contribution >= 0.6 is 11.6 Å². The molecule has 0 aromatic heterocycles. The molecule has 8 heteroatoms. The molecule has 0 bridgehead atoms. The number of carbonyl (C=O) groups excluding carboxylic acids is 2. The zero-order valence-corrected chi connectivity index (χ0v) is 8.89. The maximum Gasteiger partial charge on any atom is 0.418 e. The van der Waals surface area contributed by atoms with Gasteiger partial charge < -0.3 is 11.2 Å². The summed E-state index contributed by atoms with van der Waals surface area (Å²) >= 11 is 5.43. The molecule has 0 spiro atoms. The minimum Gasteiger partial charge on any atom is -0.412 e. The minimum atomic E-state index is -4.73. The third-order valence-electron chi connectivity index (χ3n) is 1.83. The Labute approximate surface area is 98.5 Å². The van der Waals surface area contributed by atoms with Gasteiger partial charge in [0.15, 0.2) is 6.29 Å². The van der Waals surface area contributed by atoms with E-state index in [1.54, 1.807) is 0 Å². The maximum atomic E-state index is 12.4. The van der Waals surface area contributed by atoms with Gasteiger partial charge in [0, 0.05) is 5.56 Å². The summed E-state index contributed by atoms with van der Waals surface area (Å²) in [7, 11) is 0. The molecule has 4 nitrogen and oxygen atoms in total. The van der Waals surface area contributed by atoms with Gasteiger partial charge in [-0.15, -0.1) is 0 Å². The van der Waals surface area contributed by atoms with Crippen LogP contribution in [0.25, 0.3) is 0 Å². The molecule has 0 unspecified atom stereocenters. The molecule has 1 aromatic rings. The highest BCUT2D eigenvalue weighted by Gasteiger charge is 2.34. The Morgan fingerprint density at radius 2 is 1.88 bits per heavy atom. The van der Waals surface area contributed by atoms with Gasteiger partial charge in [0.05, 0.1) is 16.3 Å². The highest BCUT2D eigenvalue weighted by molar-refractivity contribution is 6.36. The number of Topliss-reactive ketones (excluding diaryl/α,β-unsaturated/α-hetero) is 1. The molecule has 17 heavy (non-hydrogen) atoms. The van der Waals surface area contributed by atoms with Crippen molar-refractivity contribution in [1.82, 2.24) is 0 Å². The summed E-state index contributed by atoms with van der Waals surface area (Å²) in [5, 5.41) is -0.417. The molecular formula is C9H7ClF3NO3. The van der Waals surface area contributed by atoms with Crippen molar-refractivity contribution in [2.24, 2.45) is 0 Å². The Hall–Kier alpha value is -1.60. The van der Waals surface area contributed by atoms with Crippen LogP contribution in [0.15, 0.2) is 12.1 Å². The number of nitrogens with two attached hydrogens (primary N) is 1. The topological polar surface area (TPSA) is 91.7 Å². The SMILES string of the molecule is Nc1c(Cl)cc(C(=O)C=O)cc1C(F)(F)F.O. The van der Waals surface area contributed by atoms with Crippen molar-refractivity contribution >= 4 is 29.4 Å². The third-order valence-corrected chi connectivity index (χ3v) is 2.14. The van der Waals surface area contributed by atoms with Crippen LogP contribution in [0.2, 0.25) is 5.02 Å². The molecule has 0 amide bonds. The first-order chi connectivity index (χ1) is 7.27. The molecular weight excluding hydrogens is 263 g/mol. The van der Waals surface area contributed by atoms with E-state index in [4.69, 9.17) is 17.3 Å². The molecule has 0 heterocycles. The zero-order valence-electron chi connectivity index (χ0n) is 8.14. The number of benzene rings is 1. The predicted octanol–water partition coefficient (Wildman–Crippen LogP) is 1.50. The van der Waals surface area contributed by atoms with E-state index < -0.39 is 33.8 Å². The van der Waals surface area contributed by atoms with E-state index in [0.717, 1.165) is 6.07 Å². The van der Waals surface area contributed by atoms with Crippen LogP contribution in [0.5, 0.6) is 0 Å². The fourth-order valence-electron chi connectivity index (χ4n) is 1.06. The lowest BCUT2D eigenvalue weighted by molar-refractivity contribution is -0.136. The predicted molar refractivity (Wildman–Crippen MR) is 54.9 cm³/mol. The van der Waals surface area contributed by atoms with Gasteiger partial charge in [0.2, 0.25) is 5.78 Å². The van der Waals surface area contributed by atoms with Gasteiger partial charge in [-0.3, -0.25) is 9.59 Å². The number of anilines is 1. The van der Waals surface area contributed by atoms with Crippen molar-refractivity contribution in [2.75, 3.05) is 5.73 Å². The van der Waals surface area contributed by atoms with Crippen LogP contribution in [-0.4, -0.2) is 17.5 Å². The third kappa shape index (κ3) is 3.18. The monoisotopic (exact) mass is 269 g/mol. The number of alkyl halides is 3. The average Bonchev–Trinajstić information content (AvgIpc) is 2.18. The van der Waals surface area contributed by atoms with Gasteiger partial charge in [0.1, 0.15) is 0 Å². The summed E-state index contributed by atoms with van der Waals surface area (Å²) in [6.07, 6.45) is -4.82. The van der Waals surface area contributed by atoms with Gasteiger partial charge in [-0.25, -0.2) is 0 Å². The maximum absolute atomic E-state index is 12.4. The Bertz CT molecular complexity index is 460. The van der Waals surface area contributed by atoms with Crippen LogP contribution in [0.1, 0.15) is 15.9 Å². The van der Waals surface area contributed by atoms with E-state index in [2.05, 4.69) is 0 Å². The first kappa shape index (κ1) is 15.4. The van der Waals surface area contributed by atoms with E-state index >= 15 is 0 Å². The molecule has 0 fully saturated rings. The molecule has 1 rings (SSSR count). The fraction of sp³-hybridized carbons (Fsp3) is 0.111. The van der Waals surface area contributed by atoms with E-state index in [1.807, 2.05) is 0 Å². The molecule has 0 radical (unpaired) electrons. The highest BCUT2D eigenvalue weighted by Crippen LogP contribution is 2.37. The molecule has 0 aliphatic carbocycles. The molecule has 0 saturated carbocycles. The van der Waals surface area contributed by atoms with E-state index in [9.17, 15) is 22.8 Å². The second kappa shape index (κ2) is 5.15. The van der Waals surface area contributed by atoms with Crippen LogP contribution in [0, 0.1) is 0 Å². The van der Waals surface area contributed by atoms with E-state index in [-0.39, 0.29) is 11.8 Å². The lowest BCUT2D eigenvalue weighted by Gasteiger charge is -2.12. The Balaban J connectivity index is 0.00000256. The van der Waals surface area contributed by atoms with Crippen LogP contribution < -0.4 is 5.73 Å². The van der Waals surface area contributed by atoms with Crippen LogP contribution in [0.3, 0.4) is 0 Å². The molecule has 94 valence electrons. The second-order valence-corrected chi connectivity index (χ2v) is 3.31. The number of rotatable bonds is 2. The highest BCUT2D eigenvalue weighted by atomic mass is 35.5. The van der Waals surface area contributed by atoms with Crippen molar-refractivity contribution in [3.05, 3.63) is 28.3 Å². The van der Waals surface area contributed by atoms with Gasteiger partial charge in [-0.05, 0) is 12.1 Å². The first-order valence-corrected chi connectivity index (χ1v) is 4.31. The second-order valence-electron chi connectivity index (χ2n) is 2.90. The van der Waals surface area contributed by atoms with Crippen molar-refractivity contribution in [1.29, 1.82) is 0 Å². The normalized spacial score (nSPS) is 10.6. The summed E-state index contributed by atoms with van der Waals surface area (Å²) in [4.78, 5) is 21.1. The molecule has 1 aromatic carbocycles. The van der Waals surface area contributed by atoms with E-state index in [1.165, 1.54) is 0 Å². The van der Waals surface area contributed by atoms with Gasteiger partial charge in [-0.1, -0.05) is 11.6 Å². The van der Waals surface area contributed by atoms with Crippen LogP contribution in [0.4, 0.5) is 18.9 Å². The van der Waals surface area contributed by atoms with Gasteiger partial charge >= 0.3 is 6.18 Å². The minimum absolute atomic E-state index is 0. The molecule has 4 N–H and O–H groups in total. The number of hydrogen-bond donors (Lipinski definition) is 1. The summed E-state index contributed by atoms with van der Waals surface area (Å²) in [5.41, 5.74) is 2.78. The van der Waals surface area contributed by atoms with Crippen molar-refractivity contribution in [2.45, 2.75) is 6.18 Å². The number of halogens is 4. The Morgan fingerprint density at radius 1 is 1.35 bits per heavy atom. The summed E-state index contributed by atoms with van der Waals surface area (Å²) < 4.78 is 37.3. The largest absolute Gasteiger partial charge is 0.418 e. The number of ketones is 1. The first-order valence-electron chi connectivity index (χ1n) is 3.93. The van der Waals surface area contributed by atoms with Gasteiger partial charge in [-0.2, -0.15) is 13.2 Å². The summed E-state index contributed by atoms with van der Waals surface area (Å²) in [6.45, 7) is 0. The quantitative estimate of drug-likeness (QED) is 0.382. The van der Waals surface area contributed by atoms with E-state index in [0.29, 0.717) is 6.07 Å². The molecule has 0 atom stereocenters. The van der Waals surface area contributed by atoms with Crippen LogP contribution in [-0.2, 0) is 11.0 Å². The standard InChI is InChI=1S/C9H5ClF3NO2.H2O/c10-6-2-4(7(16)3-15)1-5(8(6)14)9(11,12)13;/h1-3H,14H2;1H2. The number of aldehydes is 1. The molecule has 0 aliphatic rings. The summed E-state index contributed by atoms with van der Waals surface area (Å²) in [5.74, 6) is -1.09. The Morgan fingerprint density at radius 3 is 2.29 bits per heavy atom. The number of carbonyl (C=O) groups is 2. The van der Waals surface area contributed by atoms with Crippen molar-refractivity contribution in [3.8, 4) is 0 Å². The zero-order chi connectivity index (χ0) is 12.5. The molecule has 0 saturated heterocycles. The Kier molecular flexibility index (Phi) is 4.67. The molecule has 0 aliphatic heterocycles. The number of nitrogen functional groups attached to an aromatic ring is 1. The number of hydrogen-bond acceptors (Lipinski definition) is 3. The lowest BCUT2D eigenvalue weighted by atomic mass is 10.1. The average molecular weight is 270 g/mol. The van der Waals surface area contributed by atoms with Crippen molar-refractivity contribution in [3.63, 3.8) is 0 Å². The van der Waals surface area contributed by atoms with Crippen molar-refractivity contribution < 1.29 is 28.2 Å². The smallest absolute Gasteiger partial charge is 0.412 e. The van der Waals surface area contributed by atoms with Gasteiger partial charge in [0.25, 0.3) is 0 Å². The fourth-order valence-corrected chi connectivity index (χ4v) is 1.28. The summed E-state index contributed by atoms with van der Waals surface area (Å²) in [6, 6.07) is 1.42.